The normalized spacial score (nSPS) is 9.88. The standard InChI is InChI=1S/C12H12N4O/c13-11-6-5-10(7-15-11)16-9-3-1-8(2-4-9)12(14)17/h1-7,16H,(H2,13,15)(H2,14,17). The Bertz CT molecular complexity index is 519. The summed E-state index contributed by atoms with van der Waals surface area (Å²) in [6.07, 6.45) is 1.64. The Kier molecular flexibility index (Phi) is 2.91. The zero-order valence-electron chi connectivity index (χ0n) is 9.05. The van der Waals surface area contributed by atoms with Gasteiger partial charge in [0.05, 0.1) is 11.9 Å². The second-order valence-electron chi connectivity index (χ2n) is 3.54. The predicted octanol–water partition coefficient (Wildman–Crippen LogP) is 1.51. The van der Waals surface area contributed by atoms with Gasteiger partial charge in [-0.05, 0) is 36.4 Å². The summed E-state index contributed by atoms with van der Waals surface area (Å²) >= 11 is 0. The highest BCUT2D eigenvalue weighted by atomic mass is 16.1. The fourth-order valence-corrected chi connectivity index (χ4v) is 1.36. The summed E-state index contributed by atoms with van der Waals surface area (Å²) in [6.45, 7) is 0. The van der Waals surface area contributed by atoms with Crippen molar-refractivity contribution >= 4 is 23.1 Å². The minimum Gasteiger partial charge on any atom is -0.384 e. The molecule has 5 N–H and O–H groups in total. The monoisotopic (exact) mass is 228 g/mol. The van der Waals surface area contributed by atoms with Crippen molar-refractivity contribution in [2.45, 2.75) is 0 Å². The van der Waals surface area contributed by atoms with Crippen LogP contribution in [0.5, 0.6) is 0 Å². The van der Waals surface area contributed by atoms with Crippen molar-refractivity contribution < 1.29 is 4.79 Å². The first kappa shape index (κ1) is 10.9. The van der Waals surface area contributed by atoms with E-state index >= 15 is 0 Å². The van der Waals surface area contributed by atoms with E-state index in [-0.39, 0.29) is 0 Å². The molecule has 0 radical (unpaired) electrons. The van der Waals surface area contributed by atoms with Crippen molar-refractivity contribution in [1.29, 1.82) is 0 Å². The van der Waals surface area contributed by atoms with Gasteiger partial charge in [-0.1, -0.05) is 0 Å². The van der Waals surface area contributed by atoms with E-state index in [1.807, 2.05) is 6.07 Å². The molecule has 2 rings (SSSR count). The molecule has 5 heteroatoms. The Morgan fingerprint density at radius 3 is 2.24 bits per heavy atom. The van der Waals surface area contributed by atoms with Gasteiger partial charge in [-0.15, -0.1) is 0 Å². The number of rotatable bonds is 3. The lowest BCUT2D eigenvalue weighted by atomic mass is 10.2. The molecule has 5 nitrogen and oxygen atoms in total. The summed E-state index contributed by atoms with van der Waals surface area (Å²) in [4.78, 5) is 14.8. The summed E-state index contributed by atoms with van der Waals surface area (Å²) in [5.74, 6) is 0.0327. The lowest BCUT2D eigenvalue weighted by Crippen LogP contribution is -2.10. The van der Waals surface area contributed by atoms with E-state index in [0.29, 0.717) is 11.4 Å². The first-order valence-corrected chi connectivity index (χ1v) is 5.03. The molecule has 1 amide bonds. The molecular weight excluding hydrogens is 216 g/mol. The van der Waals surface area contributed by atoms with Crippen LogP contribution in [-0.2, 0) is 0 Å². The molecule has 0 unspecified atom stereocenters. The maximum Gasteiger partial charge on any atom is 0.248 e. The second-order valence-corrected chi connectivity index (χ2v) is 3.54. The van der Waals surface area contributed by atoms with Crippen molar-refractivity contribution in [3.05, 3.63) is 48.2 Å². The van der Waals surface area contributed by atoms with Gasteiger partial charge < -0.3 is 16.8 Å². The van der Waals surface area contributed by atoms with Crippen LogP contribution >= 0.6 is 0 Å². The number of hydrogen-bond donors (Lipinski definition) is 3. The van der Waals surface area contributed by atoms with Gasteiger partial charge in [0.15, 0.2) is 0 Å². The Balaban J connectivity index is 2.13. The number of pyridine rings is 1. The number of nitrogens with two attached hydrogens (primary N) is 2. The van der Waals surface area contributed by atoms with Crippen LogP contribution in [0.4, 0.5) is 17.2 Å². The van der Waals surface area contributed by atoms with Gasteiger partial charge in [0.2, 0.25) is 5.91 Å². The van der Waals surface area contributed by atoms with Gasteiger partial charge in [-0.3, -0.25) is 4.79 Å². The highest BCUT2D eigenvalue weighted by molar-refractivity contribution is 5.93. The molecule has 0 spiro atoms. The van der Waals surface area contributed by atoms with Gasteiger partial charge >= 0.3 is 0 Å². The van der Waals surface area contributed by atoms with Crippen molar-refractivity contribution in [2.24, 2.45) is 5.73 Å². The number of primary amides is 1. The number of hydrogen-bond acceptors (Lipinski definition) is 4. The van der Waals surface area contributed by atoms with Crippen LogP contribution in [0, 0.1) is 0 Å². The highest BCUT2D eigenvalue weighted by Crippen LogP contribution is 2.16. The van der Waals surface area contributed by atoms with Crippen LogP contribution in [0.3, 0.4) is 0 Å². The number of nitrogens with one attached hydrogen (secondary N) is 1. The van der Waals surface area contributed by atoms with E-state index in [0.717, 1.165) is 11.4 Å². The molecule has 0 aliphatic carbocycles. The van der Waals surface area contributed by atoms with Gasteiger partial charge in [0, 0.05) is 11.3 Å². The third-order valence-electron chi connectivity index (χ3n) is 2.24. The molecule has 0 saturated heterocycles. The molecule has 17 heavy (non-hydrogen) atoms. The van der Waals surface area contributed by atoms with Crippen molar-refractivity contribution in [3.8, 4) is 0 Å². The lowest BCUT2D eigenvalue weighted by Gasteiger charge is -2.06. The van der Waals surface area contributed by atoms with Crippen LogP contribution in [0.25, 0.3) is 0 Å². The van der Waals surface area contributed by atoms with Crippen LogP contribution in [-0.4, -0.2) is 10.9 Å². The fraction of sp³-hybridized carbons (Fsp3) is 0. The van der Waals surface area contributed by atoms with E-state index in [9.17, 15) is 4.79 Å². The molecule has 1 aromatic carbocycles. The molecule has 0 saturated carbocycles. The molecule has 0 bridgehead atoms. The highest BCUT2D eigenvalue weighted by Gasteiger charge is 2.00. The second kappa shape index (κ2) is 4.52. The third kappa shape index (κ3) is 2.72. The predicted molar refractivity (Wildman–Crippen MR) is 66.9 cm³/mol. The maximum absolute atomic E-state index is 10.9. The van der Waals surface area contributed by atoms with Gasteiger partial charge in [-0.2, -0.15) is 0 Å². The zero-order valence-corrected chi connectivity index (χ0v) is 9.05. The summed E-state index contributed by atoms with van der Waals surface area (Å²) in [5, 5.41) is 3.13. The van der Waals surface area contributed by atoms with Crippen LogP contribution in [0.2, 0.25) is 0 Å². The molecule has 0 aliphatic rings. The summed E-state index contributed by atoms with van der Waals surface area (Å²) in [7, 11) is 0. The SMILES string of the molecule is NC(=O)c1ccc(Nc2ccc(N)nc2)cc1. The average Bonchev–Trinajstić information content (AvgIpc) is 2.33. The number of aromatic nitrogens is 1. The van der Waals surface area contributed by atoms with Crippen molar-refractivity contribution in [2.75, 3.05) is 11.1 Å². The van der Waals surface area contributed by atoms with Gasteiger partial charge in [0.1, 0.15) is 5.82 Å². The summed E-state index contributed by atoms with van der Waals surface area (Å²) in [5.41, 5.74) is 12.8. The first-order chi connectivity index (χ1) is 8.15. The van der Waals surface area contributed by atoms with E-state index in [4.69, 9.17) is 11.5 Å². The molecule has 0 fully saturated rings. The fourth-order valence-electron chi connectivity index (χ4n) is 1.36. The van der Waals surface area contributed by atoms with Crippen molar-refractivity contribution in [3.63, 3.8) is 0 Å². The quantitative estimate of drug-likeness (QED) is 0.742. The van der Waals surface area contributed by atoms with Gasteiger partial charge in [-0.25, -0.2) is 4.98 Å². The maximum atomic E-state index is 10.9. The summed E-state index contributed by atoms with van der Waals surface area (Å²) in [6, 6.07) is 10.4. The Morgan fingerprint density at radius 1 is 1.06 bits per heavy atom. The number of amides is 1. The number of nitrogen functional groups attached to an aromatic ring is 1. The van der Waals surface area contributed by atoms with Crippen LogP contribution in [0.1, 0.15) is 10.4 Å². The van der Waals surface area contributed by atoms with Gasteiger partial charge in [0.25, 0.3) is 0 Å². The van der Waals surface area contributed by atoms with E-state index in [1.54, 1.807) is 36.5 Å². The molecule has 2 aromatic rings. The van der Waals surface area contributed by atoms with Crippen molar-refractivity contribution in [1.82, 2.24) is 4.98 Å². The number of carbonyl (C=O) groups is 1. The lowest BCUT2D eigenvalue weighted by molar-refractivity contribution is 0.100. The largest absolute Gasteiger partial charge is 0.384 e. The molecule has 0 aliphatic heterocycles. The zero-order chi connectivity index (χ0) is 12.3. The topological polar surface area (TPSA) is 94.0 Å². The molecule has 1 aromatic heterocycles. The Labute approximate surface area is 98.5 Å². The van der Waals surface area contributed by atoms with E-state index in [2.05, 4.69) is 10.3 Å². The molecular formula is C12H12N4O. The number of benzene rings is 1. The number of carbonyl (C=O) groups excluding carboxylic acids is 1. The smallest absolute Gasteiger partial charge is 0.248 e. The molecule has 1 heterocycles. The minimum atomic E-state index is -0.439. The van der Waals surface area contributed by atoms with E-state index in [1.165, 1.54) is 0 Å². The molecule has 86 valence electrons. The minimum absolute atomic E-state index is 0.439. The third-order valence-corrected chi connectivity index (χ3v) is 2.24. The average molecular weight is 228 g/mol. The number of anilines is 3. The Hall–Kier alpha value is -2.56. The number of nitrogens with zero attached hydrogens (tertiary/aromatic N) is 1. The molecule has 0 atom stereocenters. The van der Waals surface area contributed by atoms with Crippen LogP contribution < -0.4 is 16.8 Å². The first-order valence-electron chi connectivity index (χ1n) is 5.03. The van der Waals surface area contributed by atoms with E-state index < -0.39 is 5.91 Å². The van der Waals surface area contributed by atoms with Crippen LogP contribution in [0.15, 0.2) is 42.6 Å². The Morgan fingerprint density at radius 2 is 1.71 bits per heavy atom. The summed E-state index contributed by atoms with van der Waals surface area (Å²) < 4.78 is 0.